The van der Waals surface area contributed by atoms with Crippen LogP contribution in [0.3, 0.4) is 0 Å². The van der Waals surface area contributed by atoms with Crippen molar-refractivity contribution in [3.8, 4) is 0 Å². The lowest BCUT2D eigenvalue weighted by atomic mass is 10.1. The highest BCUT2D eigenvalue weighted by Crippen LogP contribution is 2.22. The van der Waals surface area contributed by atoms with Gasteiger partial charge in [0, 0.05) is 22.8 Å². The molecule has 0 saturated carbocycles. The van der Waals surface area contributed by atoms with Crippen molar-refractivity contribution in [2.45, 2.75) is 13.0 Å². The molecule has 0 aliphatic carbocycles. The van der Waals surface area contributed by atoms with Crippen molar-refractivity contribution in [2.75, 3.05) is 11.9 Å². The molecule has 2 rings (SSSR count). The SMILES string of the molecule is CC(CNC(=O)c1cc([N+](=O)[O-])cc([N+](=O)[O-])c1)OC(=S)Nc1ccc(Cl)cc1. The number of hydrogen-bond donors (Lipinski definition) is 2. The van der Waals surface area contributed by atoms with Crippen molar-refractivity contribution < 1.29 is 19.4 Å². The lowest BCUT2D eigenvalue weighted by Crippen LogP contribution is -2.34. The van der Waals surface area contributed by atoms with Gasteiger partial charge >= 0.3 is 0 Å². The number of ether oxygens (including phenoxy) is 1. The van der Waals surface area contributed by atoms with Crippen LogP contribution in [-0.2, 0) is 4.74 Å². The van der Waals surface area contributed by atoms with Crippen LogP contribution in [0.15, 0.2) is 42.5 Å². The second-order valence-electron chi connectivity index (χ2n) is 5.81. The summed E-state index contributed by atoms with van der Waals surface area (Å²) >= 11 is 10.9. The molecule has 0 spiro atoms. The van der Waals surface area contributed by atoms with E-state index in [1.54, 1.807) is 31.2 Å². The number of halogens is 1. The second-order valence-corrected chi connectivity index (χ2v) is 6.62. The van der Waals surface area contributed by atoms with Gasteiger partial charge in [0.2, 0.25) is 0 Å². The smallest absolute Gasteiger partial charge is 0.277 e. The number of nitro benzene ring substituents is 2. The number of nitro groups is 2. The number of nitrogens with zero attached hydrogens (tertiary/aromatic N) is 2. The van der Waals surface area contributed by atoms with Gasteiger partial charge in [-0.1, -0.05) is 11.6 Å². The van der Waals surface area contributed by atoms with Crippen LogP contribution in [0, 0.1) is 20.2 Å². The van der Waals surface area contributed by atoms with Crippen molar-refractivity contribution >= 4 is 52.0 Å². The van der Waals surface area contributed by atoms with E-state index in [1.807, 2.05) is 0 Å². The first kappa shape index (κ1) is 22.0. The standard InChI is InChI=1S/C17H15ClN4O6S/c1-10(28-17(29)20-13-4-2-12(18)3-5-13)9-19-16(23)11-6-14(21(24)25)8-15(7-11)22(26)27/h2-8,10H,9H2,1H3,(H,19,23)(H,20,29). The molecule has 152 valence electrons. The van der Waals surface area contributed by atoms with Crippen LogP contribution in [0.25, 0.3) is 0 Å². The molecule has 2 aromatic carbocycles. The Labute approximate surface area is 175 Å². The Morgan fingerprint density at radius 2 is 1.69 bits per heavy atom. The van der Waals surface area contributed by atoms with Crippen molar-refractivity contribution in [3.05, 3.63) is 73.3 Å². The highest BCUT2D eigenvalue weighted by molar-refractivity contribution is 7.80. The molecule has 0 aliphatic rings. The zero-order valence-corrected chi connectivity index (χ0v) is 16.5. The van der Waals surface area contributed by atoms with Crippen molar-refractivity contribution in [1.29, 1.82) is 0 Å². The predicted molar refractivity (Wildman–Crippen MR) is 110 cm³/mol. The molecular formula is C17H15ClN4O6S. The summed E-state index contributed by atoms with van der Waals surface area (Å²) in [7, 11) is 0. The quantitative estimate of drug-likeness (QED) is 0.379. The number of anilines is 1. The number of non-ortho nitro benzene ring substituents is 2. The van der Waals surface area contributed by atoms with Gasteiger partial charge in [-0.05, 0) is 43.4 Å². The van der Waals surface area contributed by atoms with Gasteiger partial charge in [-0.15, -0.1) is 0 Å². The minimum absolute atomic E-state index is 0.0117. The molecule has 1 unspecified atom stereocenters. The molecule has 2 N–H and O–H groups in total. The van der Waals surface area contributed by atoms with Gasteiger partial charge in [0.05, 0.1) is 28.0 Å². The first-order chi connectivity index (χ1) is 13.7. The highest BCUT2D eigenvalue weighted by Gasteiger charge is 2.20. The average molecular weight is 439 g/mol. The van der Waals surface area contributed by atoms with Gasteiger partial charge in [0.25, 0.3) is 22.5 Å². The van der Waals surface area contributed by atoms with Gasteiger partial charge in [-0.3, -0.25) is 25.0 Å². The molecule has 2 aromatic rings. The van der Waals surface area contributed by atoms with Crippen LogP contribution in [0.4, 0.5) is 17.1 Å². The predicted octanol–water partition coefficient (Wildman–Crippen LogP) is 3.69. The minimum Gasteiger partial charge on any atom is -0.466 e. The Balaban J connectivity index is 1.94. The number of amides is 1. The Kier molecular flexibility index (Phi) is 7.39. The van der Waals surface area contributed by atoms with E-state index in [4.69, 9.17) is 28.6 Å². The van der Waals surface area contributed by atoms with Crippen LogP contribution >= 0.6 is 23.8 Å². The zero-order valence-electron chi connectivity index (χ0n) is 15.0. The first-order valence-electron chi connectivity index (χ1n) is 8.11. The summed E-state index contributed by atoms with van der Waals surface area (Å²) in [4.78, 5) is 32.4. The second kappa shape index (κ2) is 9.75. The lowest BCUT2D eigenvalue weighted by Gasteiger charge is -2.17. The molecule has 0 aromatic heterocycles. The molecule has 0 fully saturated rings. The molecule has 1 amide bonds. The fourth-order valence-electron chi connectivity index (χ4n) is 2.18. The van der Waals surface area contributed by atoms with E-state index in [1.165, 1.54) is 0 Å². The summed E-state index contributed by atoms with van der Waals surface area (Å²) in [6.45, 7) is 1.66. The maximum atomic E-state index is 12.2. The van der Waals surface area contributed by atoms with Gasteiger partial charge in [-0.2, -0.15) is 0 Å². The summed E-state index contributed by atoms with van der Waals surface area (Å²) in [5.41, 5.74) is -0.650. The Hall–Kier alpha value is -3.31. The van der Waals surface area contributed by atoms with Crippen molar-refractivity contribution in [2.24, 2.45) is 0 Å². The van der Waals surface area contributed by atoms with E-state index in [0.717, 1.165) is 18.2 Å². The molecule has 0 heterocycles. The Morgan fingerprint density at radius 3 is 2.21 bits per heavy atom. The van der Waals surface area contributed by atoms with E-state index in [9.17, 15) is 25.0 Å². The summed E-state index contributed by atoms with van der Waals surface area (Å²) in [6, 6.07) is 9.46. The van der Waals surface area contributed by atoms with E-state index >= 15 is 0 Å². The van der Waals surface area contributed by atoms with Crippen molar-refractivity contribution in [1.82, 2.24) is 5.32 Å². The third-order valence-corrected chi connectivity index (χ3v) is 3.99. The largest absolute Gasteiger partial charge is 0.466 e. The molecule has 1 atom stereocenters. The number of benzene rings is 2. The summed E-state index contributed by atoms with van der Waals surface area (Å²) in [5, 5.41) is 27.8. The molecule has 29 heavy (non-hydrogen) atoms. The monoisotopic (exact) mass is 438 g/mol. The lowest BCUT2D eigenvalue weighted by molar-refractivity contribution is -0.394. The average Bonchev–Trinajstić information content (AvgIpc) is 2.67. The minimum atomic E-state index is -0.809. The molecule has 12 heteroatoms. The fraction of sp³-hybridized carbons (Fsp3) is 0.176. The van der Waals surface area contributed by atoms with Gasteiger partial charge in [0.1, 0.15) is 6.10 Å². The highest BCUT2D eigenvalue weighted by atomic mass is 35.5. The molecule has 0 saturated heterocycles. The number of thiocarbonyl (C=S) groups is 1. The maximum absolute atomic E-state index is 12.2. The van der Waals surface area contributed by atoms with Crippen LogP contribution in [0.2, 0.25) is 5.02 Å². The molecule has 0 aliphatic heterocycles. The van der Waals surface area contributed by atoms with Gasteiger partial charge in [-0.25, -0.2) is 0 Å². The van der Waals surface area contributed by atoms with Crippen molar-refractivity contribution in [3.63, 3.8) is 0 Å². The number of carbonyl (C=O) groups is 1. The fourth-order valence-corrected chi connectivity index (χ4v) is 2.59. The third kappa shape index (κ3) is 6.66. The Bertz CT molecular complexity index is 921. The number of carbonyl (C=O) groups excluding carboxylic acids is 1. The molecular weight excluding hydrogens is 424 g/mol. The first-order valence-corrected chi connectivity index (χ1v) is 8.89. The Morgan fingerprint density at radius 1 is 1.14 bits per heavy atom. The normalized spacial score (nSPS) is 11.2. The summed E-state index contributed by atoms with van der Waals surface area (Å²) < 4.78 is 5.45. The topological polar surface area (TPSA) is 137 Å². The maximum Gasteiger partial charge on any atom is 0.277 e. The van der Waals surface area contributed by atoms with Crippen LogP contribution in [0.1, 0.15) is 17.3 Å². The van der Waals surface area contributed by atoms with Gasteiger partial charge < -0.3 is 15.4 Å². The number of hydrogen-bond acceptors (Lipinski definition) is 7. The molecule has 0 radical (unpaired) electrons. The number of nitrogens with one attached hydrogen (secondary N) is 2. The summed E-state index contributed by atoms with van der Waals surface area (Å²) in [6.07, 6.45) is -0.542. The third-order valence-electron chi connectivity index (χ3n) is 3.54. The van der Waals surface area contributed by atoms with Crippen LogP contribution in [0.5, 0.6) is 0 Å². The van der Waals surface area contributed by atoms with E-state index in [2.05, 4.69) is 10.6 Å². The number of rotatable bonds is 7. The van der Waals surface area contributed by atoms with E-state index in [-0.39, 0.29) is 17.3 Å². The van der Waals surface area contributed by atoms with Gasteiger partial charge in [0.15, 0.2) is 0 Å². The zero-order chi connectivity index (χ0) is 21.6. The van der Waals surface area contributed by atoms with E-state index in [0.29, 0.717) is 10.7 Å². The van der Waals surface area contributed by atoms with E-state index < -0.39 is 33.2 Å². The summed E-state index contributed by atoms with van der Waals surface area (Å²) in [5.74, 6) is -0.719. The van der Waals surface area contributed by atoms with Crippen LogP contribution in [-0.4, -0.2) is 33.6 Å². The molecule has 0 bridgehead atoms. The molecule has 10 nitrogen and oxygen atoms in total. The van der Waals surface area contributed by atoms with Crippen LogP contribution < -0.4 is 10.6 Å².